The first-order valence-electron chi connectivity index (χ1n) is 7.65. The first kappa shape index (κ1) is 20.7. The fourth-order valence-corrected chi connectivity index (χ4v) is 2.22. The Labute approximate surface area is 145 Å². The minimum absolute atomic E-state index is 0.233. The fourth-order valence-electron chi connectivity index (χ4n) is 2.22. The molecule has 0 aromatic heterocycles. The molecule has 0 unspecified atom stereocenters. The number of hydrogen-bond acceptors (Lipinski definition) is 4. The summed E-state index contributed by atoms with van der Waals surface area (Å²) in [7, 11) is 6.09. The van der Waals surface area contributed by atoms with E-state index in [2.05, 4.69) is 15.6 Å². The third-order valence-corrected chi connectivity index (χ3v) is 3.40. The highest BCUT2D eigenvalue weighted by atomic mass is 19.4. The van der Waals surface area contributed by atoms with E-state index in [1.54, 1.807) is 6.07 Å². The molecule has 0 atom stereocenters. The van der Waals surface area contributed by atoms with Gasteiger partial charge in [-0.15, -0.1) is 0 Å². The Morgan fingerprint density at radius 2 is 1.64 bits per heavy atom. The van der Waals surface area contributed by atoms with Crippen molar-refractivity contribution < 1.29 is 27.4 Å². The SMILES string of the molecule is CN=C(NCCc1ccc(OC)c(OC)c1OC)NCCC(F)(F)F. The summed E-state index contributed by atoms with van der Waals surface area (Å²) in [6.45, 7) is 0.223. The Morgan fingerprint density at radius 3 is 2.16 bits per heavy atom. The van der Waals surface area contributed by atoms with Gasteiger partial charge in [-0.05, 0) is 12.5 Å². The molecule has 0 aliphatic heterocycles. The molecule has 142 valence electrons. The van der Waals surface area contributed by atoms with Crippen LogP contribution in [0.1, 0.15) is 12.0 Å². The van der Waals surface area contributed by atoms with Crippen molar-refractivity contribution in [1.82, 2.24) is 10.6 Å². The Morgan fingerprint density at radius 1 is 1.00 bits per heavy atom. The van der Waals surface area contributed by atoms with Crippen LogP contribution < -0.4 is 24.8 Å². The second-order valence-electron chi connectivity index (χ2n) is 5.03. The van der Waals surface area contributed by atoms with Crippen molar-refractivity contribution in [3.63, 3.8) is 0 Å². The van der Waals surface area contributed by atoms with Gasteiger partial charge in [0.1, 0.15) is 0 Å². The standard InChI is InChI=1S/C16H24F3N3O3/c1-20-15(22-10-8-16(17,18)19)21-9-7-11-5-6-12(23-2)14(25-4)13(11)24-3/h5-6H,7-10H2,1-4H3,(H2,20,21,22). The molecule has 0 saturated heterocycles. The molecule has 1 aromatic carbocycles. The summed E-state index contributed by atoms with van der Waals surface area (Å²) in [4.78, 5) is 3.89. The van der Waals surface area contributed by atoms with Gasteiger partial charge in [0.15, 0.2) is 17.5 Å². The lowest BCUT2D eigenvalue weighted by Gasteiger charge is -2.17. The van der Waals surface area contributed by atoms with Gasteiger partial charge < -0.3 is 24.8 Å². The molecule has 0 bridgehead atoms. The van der Waals surface area contributed by atoms with Crippen molar-refractivity contribution in [2.24, 2.45) is 4.99 Å². The molecule has 0 amide bonds. The van der Waals surface area contributed by atoms with Crippen LogP contribution in [0.25, 0.3) is 0 Å². The Balaban J connectivity index is 2.63. The highest BCUT2D eigenvalue weighted by Gasteiger charge is 2.26. The van der Waals surface area contributed by atoms with E-state index in [0.717, 1.165) is 5.56 Å². The van der Waals surface area contributed by atoms with Crippen LogP contribution in [0.15, 0.2) is 17.1 Å². The van der Waals surface area contributed by atoms with Crippen molar-refractivity contribution in [3.8, 4) is 17.2 Å². The maximum absolute atomic E-state index is 12.2. The van der Waals surface area contributed by atoms with Crippen molar-refractivity contribution in [1.29, 1.82) is 0 Å². The minimum atomic E-state index is -4.20. The number of rotatable bonds is 8. The summed E-state index contributed by atoms with van der Waals surface area (Å²) >= 11 is 0. The Bertz CT molecular complexity index is 578. The molecule has 6 nitrogen and oxygen atoms in total. The zero-order valence-corrected chi connectivity index (χ0v) is 14.8. The Kier molecular flexibility index (Phi) is 8.17. The minimum Gasteiger partial charge on any atom is -0.493 e. The summed E-state index contributed by atoms with van der Waals surface area (Å²) in [5.41, 5.74) is 0.874. The average Bonchev–Trinajstić information content (AvgIpc) is 2.58. The van der Waals surface area contributed by atoms with Gasteiger partial charge in [-0.1, -0.05) is 6.07 Å². The average molecular weight is 363 g/mol. The van der Waals surface area contributed by atoms with E-state index in [1.807, 2.05) is 6.07 Å². The quantitative estimate of drug-likeness (QED) is 0.548. The maximum Gasteiger partial charge on any atom is 0.390 e. The van der Waals surface area contributed by atoms with E-state index < -0.39 is 12.6 Å². The molecule has 2 N–H and O–H groups in total. The van der Waals surface area contributed by atoms with Crippen LogP contribution >= 0.6 is 0 Å². The molecule has 0 radical (unpaired) electrons. The van der Waals surface area contributed by atoms with Crippen LogP contribution in [0.2, 0.25) is 0 Å². The van der Waals surface area contributed by atoms with Crippen molar-refractivity contribution in [2.45, 2.75) is 19.0 Å². The van der Waals surface area contributed by atoms with Crippen molar-refractivity contribution >= 4 is 5.96 Å². The largest absolute Gasteiger partial charge is 0.493 e. The van der Waals surface area contributed by atoms with Crippen LogP contribution in [0.4, 0.5) is 13.2 Å². The molecule has 9 heteroatoms. The molecular formula is C16H24F3N3O3. The lowest BCUT2D eigenvalue weighted by Crippen LogP contribution is -2.39. The normalized spacial score (nSPS) is 11.9. The van der Waals surface area contributed by atoms with Crippen molar-refractivity contribution in [2.75, 3.05) is 41.5 Å². The molecule has 0 aliphatic rings. The van der Waals surface area contributed by atoms with E-state index in [-0.39, 0.29) is 6.54 Å². The van der Waals surface area contributed by atoms with Crippen molar-refractivity contribution in [3.05, 3.63) is 17.7 Å². The summed E-state index contributed by atoms with van der Waals surface area (Å²) in [5, 5.41) is 5.59. The number of nitrogens with one attached hydrogen (secondary N) is 2. The summed E-state index contributed by atoms with van der Waals surface area (Å²) in [6, 6.07) is 3.62. The van der Waals surface area contributed by atoms with E-state index >= 15 is 0 Å². The fraction of sp³-hybridized carbons (Fsp3) is 0.562. The monoisotopic (exact) mass is 363 g/mol. The first-order chi connectivity index (χ1) is 11.9. The topological polar surface area (TPSA) is 64.1 Å². The molecule has 0 saturated carbocycles. The lowest BCUT2D eigenvalue weighted by atomic mass is 10.1. The number of halogens is 3. The number of methoxy groups -OCH3 is 3. The Hall–Kier alpha value is -2.32. The third-order valence-electron chi connectivity index (χ3n) is 3.40. The lowest BCUT2D eigenvalue weighted by molar-refractivity contribution is -0.132. The predicted octanol–water partition coefficient (Wildman–Crippen LogP) is 2.37. The maximum atomic E-state index is 12.2. The smallest absolute Gasteiger partial charge is 0.390 e. The number of hydrogen-bond donors (Lipinski definition) is 2. The van der Waals surface area contributed by atoms with Crippen LogP contribution in [0.3, 0.4) is 0 Å². The summed E-state index contributed by atoms with van der Waals surface area (Å²) in [6.07, 6.45) is -4.56. The second-order valence-corrected chi connectivity index (χ2v) is 5.03. The van der Waals surface area contributed by atoms with Gasteiger partial charge in [0.2, 0.25) is 5.75 Å². The third kappa shape index (κ3) is 6.60. The summed E-state index contributed by atoms with van der Waals surface area (Å²) in [5.74, 6) is 1.92. The number of nitrogens with zero attached hydrogens (tertiary/aromatic N) is 1. The zero-order valence-electron chi connectivity index (χ0n) is 14.8. The van der Waals surface area contributed by atoms with Gasteiger partial charge in [0, 0.05) is 25.7 Å². The van der Waals surface area contributed by atoms with Crippen LogP contribution in [-0.2, 0) is 6.42 Å². The second kappa shape index (κ2) is 9.85. The molecule has 25 heavy (non-hydrogen) atoms. The highest BCUT2D eigenvalue weighted by Crippen LogP contribution is 2.39. The summed E-state index contributed by atoms with van der Waals surface area (Å²) < 4.78 is 52.4. The van der Waals surface area contributed by atoms with E-state index in [4.69, 9.17) is 14.2 Å². The van der Waals surface area contributed by atoms with E-state index in [1.165, 1.54) is 28.4 Å². The van der Waals surface area contributed by atoms with Gasteiger partial charge in [0.25, 0.3) is 0 Å². The number of aliphatic imine (C=N–C) groups is 1. The molecule has 1 rings (SSSR count). The van der Waals surface area contributed by atoms with Gasteiger partial charge >= 0.3 is 6.18 Å². The van der Waals surface area contributed by atoms with Gasteiger partial charge in [-0.3, -0.25) is 4.99 Å². The molecule has 1 aromatic rings. The van der Waals surface area contributed by atoms with Gasteiger partial charge in [-0.2, -0.15) is 13.2 Å². The van der Waals surface area contributed by atoms with Gasteiger partial charge in [-0.25, -0.2) is 0 Å². The van der Waals surface area contributed by atoms with Gasteiger partial charge in [0.05, 0.1) is 27.8 Å². The molecule has 0 fully saturated rings. The molecule has 0 spiro atoms. The van der Waals surface area contributed by atoms with Crippen LogP contribution in [0.5, 0.6) is 17.2 Å². The number of guanidine groups is 1. The number of alkyl halides is 3. The predicted molar refractivity (Wildman–Crippen MR) is 89.8 cm³/mol. The first-order valence-corrected chi connectivity index (χ1v) is 7.65. The zero-order chi connectivity index (χ0) is 18.9. The van der Waals surface area contributed by atoms with E-state index in [0.29, 0.717) is 36.2 Å². The number of benzene rings is 1. The highest BCUT2D eigenvalue weighted by molar-refractivity contribution is 5.79. The molecule has 0 heterocycles. The van der Waals surface area contributed by atoms with Crippen LogP contribution in [0, 0.1) is 0 Å². The van der Waals surface area contributed by atoms with Crippen LogP contribution in [-0.4, -0.2) is 53.6 Å². The van der Waals surface area contributed by atoms with E-state index in [9.17, 15) is 13.2 Å². The molecule has 0 aliphatic carbocycles. The molecular weight excluding hydrogens is 339 g/mol. The number of ether oxygens (including phenoxy) is 3.